The van der Waals surface area contributed by atoms with Gasteiger partial charge in [-0.2, -0.15) is 0 Å². The Labute approximate surface area is 176 Å². The van der Waals surface area contributed by atoms with Crippen molar-refractivity contribution in [3.05, 3.63) is 47.3 Å². The molecule has 3 aromatic rings. The maximum absolute atomic E-state index is 13.4. The molecule has 12 heteroatoms. The highest BCUT2D eigenvalue weighted by molar-refractivity contribution is 7.53. The highest BCUT2D eigenvalue weighted by Crippen LogP contribution is 2.56. The number of nitrogens with zero attached hydrogens (tertiary/aromatic N) is 4. The Morgan fingerprint density at radius 1 is 1.43 bits per heavy atom. The summed E-state index contributed by atoms with van der Waals surface area (Å²) in [5.41, 5.74) is 7.53. The molecule has 2 N–H and O–H groups in total. The van der Waals surface area contributed by atoms with Gasteiger partial charge in [-0.1, -0.05) is 17.7 Å². The number of hydrogen-bond donors (Lipinski definition) is 1. The predicted octanol–water partition coefficient (Wildman–Crippen LogP) is 3.93. The third-order valence-corrected chi connectivity index (χ3v) is 6.58. The normalized spacial score (nSPS) is 23.0. The second-order valence-corrected chi connectivity index (χ2v) is 9.29. The van der Waals surface area contributed by atoms with Gasteiger partial charge in [-0.15, -0.1) is 0 Å². The van der Waals surface area contributed by atoms with Gasteiger partial charge in [-0.05, 0) is 24.6 Å². The van der Waals surface area contributed by atoms with Crippen molar-refractivity contribution < 1.29 is 22.7 Å². The third kappa shape index (κ3) is 4.48. The van der Waals surface area contributed by atoms with E-state index >= 15 is 0 Å². The van der Waals surface area contributed by atoms with E-state index in [1.54, 1.807) is 17.0 Å². The molecule has 0 spiro atoms. The van der Waals surface area contributed by atoms with Crippen LogP contribution in [0, 0.1) is 5.82 Å². The lowest BCUT2D eigenvalue weighted by molar-refractivity contribution is 0.0340. The number of fused-ring (bicyclic) bond motifs is 1. The molecular weight excluding hydrogens is 436 g/mol. The third-order valence-electron chi connectivity index (χ3n) is 4.67. The van der Waals surface area contributed by atoms with Crippen LogP contribution in [0.3, 0.4) is 0 Å². The van der Waals surface area contributed by atoms with E-state index in [1.165, 1.54) is 18.5 Å². The largest absolute Gasteiger partial charge is 0.382 e. The number of ether oxygens (including phenoxy) is 1. The first-order valence-electron chi connectivity index (χ1n) is 9.24. The number of nitrogen functional groups attached to an aromatic ring is 1. The van der Waals surface area contributed by atoms with Gasteiger partial charge in [0.1, 0.15) is 24.0 Å². The molecule has 0 aliphatic carbocycles. The van der Waals surface area contributed by atoms with E-state index in [-0.39, 0.29) is 24.1 Å². The van der Waals surface area contributed by atoms with Gasteiger partial charge in [0.05, 0.1) is 36.7 Å². The molecule has 0 bridgehead atoms. The molecule has 2 unspecified atom stereocenters. The summed E-state index contributed by atoms with van der Waals surface area (Å²) in [5.74, 6) is -0.223. The van der Waals surface area contributed by atoms with Gasteiger partial charge in [0.25, 0.3) is 0 Å². The average Bonchev–Trinajstić information content (AvgIpc) is 3.13. The Kier molecular flexibility index (Phi) is 6.04. The van der Waals surface area contributed by atoms with Crippen molar-refractivity contribution in [2.24, 2.45) is 0 Å². The van der Waals surface area contributed by atoms with Crippen LogP contribution in [0.15, 0.2) is 30.9 Å². The van der Waals surface area contributed by atoms with Crippen molar-refractivity contribution in [1.29, 1.82) is 0 Å². The smallest absolute Gasteiger partial charge is 0.356 e. The zero-order valence-electron chi connectivity index (χ0n) is 16.1. The highest BCUT2D eigenvalue weighted by Gasteiger charge is 2.35. The molecule has 0 radical (unpaired) electrons. The molecule has 0 amide bonds. The van der Waals surface area contributed by atoms with Crippen molar-refractivity contribution >= 4 is 36.2 Å². The molecule has 3 atom stereocenters. The van der Waals surface area contributed by atoms with Crippen molar-refractivity contribution in [2.45, 2.75) is 32.1 Å². The molecule has 3 heterocycles. The molecule has 1 aliphatic rings. The lowest BCUT2D eigenvalue weighted by Gasteiger charge is -2.30. The molecule has 1 aromatic carbocycles. The van der Waals surface area contributed by atoms with Crippen LogP contribution in [0.1, 0.15) is 25.0 Å². The van der Waals surface area contributed by atoms with E-state index in [4.69, 9.17) is 31.1 Å². The Morgan fingerprint density at radius 3 is 3.07 bits per heavy atom. The average molecular weight is 456 g/mol. The molecule has 30 heavy (non-hydrogen) atoms. The van der Waals surface area contributed by atoms with E-state index in [1.807, 2.05) is 6.92 Å². The van der Waals surface area contributed by atoms with Gasteiger partial charge < -0.3 is 19.6 Å². The second kappa shape index (κ2) is 8.56. The molecule has 160 valence electrons. The van der Waals surface area contributed by atoms with Crippen molar-refractivity contribution in [1.82, 2.24) is 19.5 Å². The zero-order chi connectivity index (χ0) is 21.3. The summed E-state index contributed by atoms with van der Waals surface area (Å²) in [6, 6.07) is 4.28. The van der Waals surface area contributed by atoms with E-state index in [9.17, 15) is 8.96 Å². The second-order valence-electron chi connectivity index (χ2n) is 6.93. The summed E-state index contributed by atoms with van der Waals surface area (Å²) in [7, 11) is -3.49. The number of rotatable bonds is 6. The Bertz CT molecular complexity index is 1110. The first-order valence-corrected chi connectivity index (χ1v) is 11.3. The van der Waals surface area contributed by atoms with Crippen LogP contribution in [0.2, 0.25) is 5.02 Å². The van der Waals surface area contributed by atoms with Crippen molar-refractivity contribution in [3.63, 3.8) is 0 Å². The topological polar surface area (TPSA) is 114 Å². The summed E-state index contributed by atoms with van der Waals surface area (Å²) < 4.78 is 45.0. The van der Waals surface area contributed by atoms with Crippen molar-refractivity contribution in [3.8, 4) is 0 Å². The number of nitrogens with two attached hydrogens (primary N) is 1. The van der Waals surface area contributed by atoms with Crippen LogP contribution in [0.4, 0.5) is 10.2 Å². The minimum Gasteiger partial charge on any atom is -0.382 e. The number of aromatic nitrogens is 4. The monoisotopic (exact) mass is 455 g/mol. The summed E-state index contributed by atoms with van der Waals surface area (Å²) in [5, 5.41) is -0.0145. The van der Waals surface area contributed by atoms with Gasteiger partial charge in [-0.3, -0.25) is 9.09 Å². The molecule has 1 saturated heterocycles. The van der Waals surface area contributed by atoms with Crippen LogP contribution in [-0.4, -0.2) is 38.6 Å². The van der Waals surface area contributed by atoms with Gasteiger partial charge in [0.15, 0.2) is 11.5 Å². The minimum atomic E-state index is -3.49. The Morgan fingerprint density at radius 2 is 2.27 bits per heavy atom. The van der Waals surface area contributed by atoms with E-state index in [0.717, 1.165) is 0 Å². The molecular formula is C18H20ClFN5O4P. The van der Waals surface area contributed by atoms with Crippen molar-refractivity contribution in [2.75, 3.05) is 18.7 Å². The SMILES string of the molecule is CC(Cn1cnc2c(N)ncnc21)OCP1(=O)OCC[C@@H](c2ccc(F)c(Cl)c2)O1. The van der Waals surface area contributed by atoms with Gasteiger partial charge in [0, 0.05) is 6.42 Å². The Balaban J connectivity index is 1.38. The fourth-order valence-electron chi connectivity index (χ4n) is 3.16. The number of hydrogen-bond acceptors (Lipinski definition) is 8. The molecule has 4 rings (SSSR count). The number of anilines is 1. The van der Waals surface area contributed by atoms with Gasteiger partial charge in [-0.25, -0.2) is 19.3 Å². The summed E-state index contributed by atoms with van der Waals surface area (Å²) >= 11 is 5.85. The number of benzene rings is 1. The van der Waals surface area contributed by atoms with Crippen LogP contribution >= 0.6 is 19.2 Å². The van der Waals surface area contributed by atoms with E-state index < -0.39 is 19.5 Å². The van der Waals surface area contributed by atoms with Crippen LogP contribution in [0.25, 0.3) is 11.2 Å². The lowest BCUT2D eigenvalue weighted by Crippen LogP contribution is -2.21. The van der Waals surface area contributed by atoms with Gasteiger partial charge in [0.2, 0.25) is 0 Å². The fourth-order valence-corrected chi connectivity index (χ4v) is 4.99. The van der Waals surface area contributed by atoms with Crippen LogP contribution < -0.4 is 5.73 Å². The molecule has 9 nitrogen and oxygen atoms in total. The number of imidazole rings is 1. The van der Waals surface area contributed by atoms with E-state index in [0.29, 0.717) is 35.5 Å². The zero-order valence-corrected chi connectivity index (χ0v) is 17.7. The lowest BCUT2D eigenvalue weighted by atomic mass is 10.1. The first-order chi connectivity index (χ1) is 14.3. The maximum atomic E-state index is 13.4. The van der Waals surface area contributed by atoms with E-state index in [2.05, 4.69) is 15.0 Å². The number of halogens is 2. The molecule has 0 saturated carbocycles. The summed E-state index contributed by atoms with van der Waals surface area (Å²) in [6.45, 7) is 2.46. The molecule has 1 fully saturated rings. The fraction of sp³-hybridized carbons (Fsp3) is 0.389. The summed E-state index contributed by atoms with van der Waals surface area (Å²) in [6.07, 6.45) is 2.37. The minimum absolute atomic E-state index is 0.0145. The maximum Gasteiger partial charge on any atom is 0.356 e. The Hall–Kier alpha value is -2.10. The highest BCUT2D eigenvalue weighted by atomic mass is 35.5. The van der Waals surface area contributed by atoms with Gasteiger partial charge >= 0.3 is 7.60 Å². The standard InChI is InChI=1S/C18H20ClFN5O4P/c1-11(7-25-9-24-16-17(21)22-8-23-18(16)25)27-10-30(26)28-5-4-15(29-30)12-2-3-14(20)13(19)6-12/h2-3,6,8-9,11,15H,4-5,7,10H2,1H3,(H2,21,22,23)/t11?,15-,30?/m0/s1. The summed E-state index contributed by atoms with van der Waals surface area (Å²) in [4.78, 5) is 12.3. The predicted molar refractivity (Wildman–Crippen MR) is 109 cm³/mol. The first kappa shape index (κ1) is 21.1. The van der Waals surface area contributed by atoms with Crippen LogP contribution in [-0.2, 0) is 24.9 Å². The molecule has 1 aliphatic heterocycles. The molecule has 2 aromatic heterocycles. The van der Waals surface area contributed by atoms with Crippen LogP contribution in [0.5, 0.6) is 0 Å². The quantitative estimate of drug-likeness (QED) is 0.556.